The Hall–Kier alpha value is -1.79. The van der Waals surface area contributed by atoms with Gasteiger partial charge in [-0.3, -0.25) is 9.89 Å². The van der Waals surface area contributed by atoms with Gasteiger partial charge < -0.3 is 20.1 Å². The second-order valence-electron chi connectivity index (χ2n) is 7.98. The lowest BCUT2D eigenvalue weighted by Crippen LogP contribution is -2.54. The second-order valence-corrected chi connectivity index (χ2v) is 7.98. The van der Waals surface area contributed by atoms with Gasteiger partial charge in [-0.1, -0.05) is 18.6 Å². The van der Waals surface area contributed by atoms with Gasteiger partial charge in [0.15, 0.2) is 5.96 Å². The van der Waals surface area contributed by atoms with Gasteiger partial charge in [-0.05, 0) is 57.5 Å². The first-order chi connectivity index (χ1) is 13.5. The summed E-state index contributed by atoms with van der Waals surface area (Å²) in [6, 6.07) is 8.19. The van der Waals surface area contributed by atoms with Crippen LogP contribution in [0.15, 0.2) is 29.3 Å². The molecule has 1 aliphatic rings. The molecule has 0 unspecified atom stereocenters. The van der Waals surface area contributed by atoms with Crippen molar-refractivity contribution in [2.75, 3.05) is 47.0 Å². The molecule has 28 heavy (non-hydrogen) atoms. The first-order valence-electron chi connectivity index (χ1n) is 10.5. The normalized spacial score (nSPS) is 16.1. The van der Waals surface area contributed by atoms with Crippen LogP contribution in [0, 0.1) is 0 Å². The lowest BCUT2D eigenvalue weighted by Gasteiger charge is -2.41. The molecule has 0 atom stereocenters. The Labute approximate surface area is 170 Å². The van der Waals surface area contributed by atoms with Gasteiger partial charge in [0.05, 0.1) is 6.61 Å². The summed E-state index contributed by atoms with van der Waals surface area (Å²) in [4.78, 5) is 6.96. The topological polar surface area (TPSA) is 58.1 Å². The summed E-state index contributed by atoms with van der Waals surface area (Å²) in [7, 11) is 3.53. The number of guanidine groups is 1. The quantitative estimate of drug-likeness (QED) is 0.365. The number of nitrogens with zero attached hydrogens (tertiary/aromatic N) is 2. The Bertz CT molecular complexity index is 598. The first-order valence-corrected chi connectivity index (χ1v) is 10.5. The molecule has 2 N–H and O–H groups in total. The van der Waals surface area contributed by atoms with E-state index in [4.69, 9.17) is 9.47 Å². The predicted molar refractivity (Wildman–Crippen MR) is 116 cm³/mol. The Morgan fingerprint density at radius 2 is 1.93 bits per heavy atom. The Morgan fingerprint density at radius 3 is 2.64 bits per heavy atom. The van der Waals surface area contributed by atoms with E-state index in [2.05, 4.69) is 46.5 Å². The van der Waals surface area contributed by atoms with Crippen LogP contribution in [0.1, 0.15) is 45.1 Å². The van der Waals surface area contributed by atoms with E-state index in [1.807, 2.05) is 19.2 Å². The first kappa shape index (κ1) is 22.5. The molecule has 158 valence electrons. The third-order valence-corrected chi connectivity index (χ3v) is 5.24. The van der Waals surface area contributed by atoms with Crippen LogP contribution < -0.4 is 15.4 Å². The summed E-state index contributed by atoms with van der Waals surface area (Å²) >= 11 is 0. The maximum absolute atomic E-state index is 5.78. The number of methoxy groups -OCH3 is 1. The largest absolute Gasteiger partial charge is 0.493 e. The van der Waals surface area contributed by atoms with Gasteiger partial charge in [-0.2, -0.15) is 0 Å². The standard InChI is InChI=1S/C22H38N4O2/c1-22(2,26-12-6-5-7-13-26)18-25-21(23-3)24-17-19-10-8-11-20(16-19)28-15-9-14-27-4/h8,10-11,16H,5-7,9,12-15,17-18H2,1-4H3,(H2,23,24,25). The fourth-order valence-electron chi connectivity index (χ4n) is 3.46. The highest BCUT2D eigenvalue weighted by atomic mass is 16.5. The molecule has 0 aliphatic carbocycles. The molecule has 6 nitrogen and oxygen atoms in total. The van der Waals surface area contributed by atoms with Crippen molar-refractivity contribution in [1.82, 2.24) is 15.5 Å². The molecule has 0 saturated carbocycles. The highest BCUT2D eigenvalue weighted by molar-refractivity contribution is 5.79. The van der Waals surface area contributed by atoms with Crippen molar-refractivity contribution in [2.45, 2.75) is 51.6 Å². The molecular formula is C22H38N4O2. The zero-order valence-corrected chi connectivity index (χ0v) is 18.1. The fourth-order valence-corrected chi connectivity index (χ4v) is 3.46. The van der Waals surface area contributed by atoms with Gasteiger partial charge in [-0.25, -0.2) is 0 Å². The van der Waals surface area contributed by atoms with Crippen LogP contribution >= 0.6 is 0 Å². The van der Waals surface area contributed by atoms with Gasteiger partial charge in [0.25, 0.3) is 0 Å². The van der Waals surface area contributed by atoms with Gasteiger partial charge in [0, 0.05) is 45.8 Å². The monoisotopic (exact) mass is 390 g/mol. The average Bonchev–Trinajstić information content (AvgIpc) is 2.72. The molecule has 2 rings (SSSR count). The van der Waals surface area contributed by atoms with E-state index in [-0.39, 0.29) is 5.54 Å². The van der Waals surface area contributed by atoms with E-state index in [0.717, 1.165) is 31.3 Å². The molecule has 0 amide bonds. The van der Waals surface area contributed by atoms with E-state index in [1.54, 1.807) is 7.11 Å². The summed E-state index contributed by atoms with van der Waals surface area (Å²) in [6.07, 6.45) is 4.86. The van der Waals surface area contributed by atoms with Crippen LogP contribution in [0.25, 0.3) is 0 Å². The van der Waals surface area contributed by atoms with Crippen LogP contribution in [0.2, 0.25) is 0 Å². The lowest BCUT2D eigenvalue weighted by molar-refractivity contribution is 0.0982. The number of aliphatic imine (C=N–C) groups is 1. The minimum Gasteiger partial charge on any atom is -0.493 e. The maximum atomic E-state index is 5.78. The van der Waals surface area contributed by atoms with Crippen molar-refractivity contribution in [3.05, 3.63) is 29.8 Å². The zero-order chi connectivity index (χ0) is 20.2. The molecule has 0 spiro atoms. The van der Waals surface area contributed by atoms with Crippen molar-refractivity contribution >= 4 is 5.96 Å². The molecule has 1 aliphatic heterocycles. The van der Waals surface area contributed by atoms with Gasteiger partial charge in [0.1, 0.15) is 5.75 Å². The van der Waals surface area contributed by atoms with E-state index in [9.17, 15) is 0 Å². The Balaban J connectivity index is 1.78. The van der Waals surface area contributed by atoms with Gasteiger partial charge in [0.2, 0.25) is 0 Å². The summed E-state index contributed by atoms with van der Waals surface area (Å²) in [5.41, 5.74) is 1.29. The second kappa shape index (κ2) is 11.9. The molecule has 1 saturated heterocycles. The minimum absolute atomic E-state index is 0.119. The highest BCUT2D eigenvalue weighted by Gasteiger charge is 2.27. The highest BCUT2D eigenvalue weighted by Crippen LogP contribution is 2.19. The van der Waals surface area contributed by atoms with Crippen molar-refractivity contribution in [3.63, 3.8) is 0 Å². The Morgan fingerprint density at radius 1 is 1.14 bits per heavy atom. The van der Waals surface area contributed by atoms with Crippen molar-refractivity contribution < 1.29 is 9.47 Å². The fraction of sp³-hybridized carbons (Fsp3) is 0.682. The number of rotatable bonds is 10. The molecule has 6 heteroatoms. The molecule has 0 radical (unpaired) electrons. The van der Waals surface area contributed by atoms with E-state index in [0.29, 0.717) is 13.2 Å². The smallest absolute Gasteiger partial charge is 0.191 e. The van der Waals surface area contributed by atoms with E-state index < -0.39 is 0 Å². The van der Waals surface area contributed by atoms with Gasteiger partial charge in [-0.15, -0.1) is 0 Å². The number of hydrogen-bond acceptors (Lipinski definition) is 4. The number of ether oxygens (including phenoxy) is 2. The zero-order valence-electron chi connectivity index (χ0n) is 18.1. The van der Waals surface area contributed by atoms with E-state index >= 15 is 0 Å². The van der Waals surface area contributed by atoms with Crippen LogP contribution in [-0.4, -0.2) is 63.4 Å². The third-order valence-electron chi connectivity index (χ3n) is 5.24. The molecular weight excluding hydrogens is 352 g/mol. The van der Waals surface area contributed by atoms with Crippen LogP contribution in [0.4, 0.5) is 0 Å². The summed E-state index contributed by atoms with van der Waals surface area (Å²) in [5.74, 6) is 1.72. The van der Waals surface area contributed by atoms with Crippen molar-refractivity contribution in [3.8, 4) is 5.75 Å². The third kappa shape index (κ3) is 7.68. The number of benzene rings is 1. The molecule has 1 aromatic carbocycles. The molecule has 0 aromatic heterocycles. The van der Waals surface area contributed by atoms with Crippen LogP contribution in [0.5, 0.6) is 5.75 Å². The molecule has 1 aromatic rings. The van der Waals surface area contributed by atoms with Crippen LogP contribution in [-0.2, 0) is 11.3 Å². The Kier molecular flexibility index (Phi) is 9.58. The number of nitrogens with one attached hydrogen (secondary N) is 2. The summed E-state index contributed by atoms with van der Waals surface area (Å²) in [5, 5.41) is 6.90. The maximum Gasteiger partial charge on any atom is 0.191 e. The van der Waals surface area contributed by atoms with E-state index in [1.165, 1.54) is 37.9 Å². The molecule has 0 bridgehead atoms. The number of piperidine rings is 1. The average molecular weight is 391 g/mol. The van der Waals surface area contributed by atoms with Crippen molar-refractivity contribution in [1.29, 1.82) is 0 Å². The SMILES string of the molecule is CN=C(NCc1cccc(OCCCOC)c1)NCC(C)(C)N1CCCCC1. The van der Waals surface area contributed by atoms with Crippen LogP contribution in [0.3, 0.4) is 0 Å². The van der Waals surface area contributed by atoms with Gasteiger partial charge >= 0.3 is 0 Å². The minimum atomic E-state index is 0.119. The summed E-state index contributed by atoms with van der Waals surface area (Å²) < 4.78 is 10.8. The predicted octanol–water partition coefficient (Wildman–Crippen LogP) is 3.03. The summed E-state index contributed by atoms with van der Waals surface area (Å²) in [6.45, 7) is 9.96. The number of likely N-dealkylation sites (tertiary alicyclic amines) is 1. The lowest BCUT2D eigenvalue weighted by atomic mass is 9.98. The molecule has 1 fully saturated rings. The number of hydrogen-bond donors (Lipinski definition) is 2. The van der Waals surface area contributed by atoms with Crippen molar-refractivity contribution in [2.24, 2.45) is 4.99 Å². The molecule has 1 heterocycles.